The molecular weight excluding hydrogens is 170 g/mol. The number of aromatic hydroxyl groups is 1. The zero-order chi connectivity index (χ0) is 9.84. The molecule has 0 aliphatic carbocycles. The Morgan fingerprint density at radius 3 is 2.77 bits per heavy atom. The number of carboxylic acid groups (broad SMARTS) is 1. The van der Waals surface area contributed by atoms with Gasteiger partial charge in [0.1, 0.15) is 11.8 Å². The first-order valence-corrected chi connectivity index (χ1v) is 3.57. The van der Waals surface area contributed by atoms with Crippen molar-refractivity contribution in [2.45, 2.75) is 6.42 Å². The second kappa shape index (κ2) is 3.59. The van der Waals surface area contributed by atoms with Gasteiger partial charge < -0.3 is 10.2 Å². The molecule has 0 spiro atoms. The molecule has 0 amide bonds. The second-order valence-corrected chi connectivity index (χ2v) is 2.53. The Kier molecular flexibility index (Phi) is 2.50. The van der Waals surface area contributed by atoms with Crippen molar-refractivity contribution in [1.82, 2.24) is 0 Å². The standard InChI is InChI=1S/C9H7NO3/c10-5-7-3-6(4-9(12)13)1-2-8(7)11/h1-3,11H,4H2,(H,12,13). The number of carbonyl (C=O) groups is 1. The SMILES string of the molecule is N#Cc1cc(CC(=O)O)ccc1O. The van der Waals surface area contributed by atoms with E-state index in [1.54, 1.807) is 6.07 Å². The van der Waals surface area contributed by atoms with Crippen molar-refractivity contribution in [2.75, 3.05) is 0 Å². The number of phenols is 1. The van der Waals surface area contributed by atoms with E-state index in [4.69, 9.17) is 15.5 Å². The molecule has 0 heterocycles. The Bertz CT molecular complexity index is 379. The van der Waals surface area contributed by atoms with Gasteiger partial charge in [0.25, 0.3) is 0 Å². The summed E-state index contributed by atoms with van der Waals surface area (Å²) in [6.45, 7) is 0. The van der Waals surface area contributed by atoms with E-state index in [2.05, 4.69) is 0 Å². The molecule has 0 bridgehead atoms. The number of benzene rings is 1. The molecular formula is C9H7NO3. The number of carboxylic acids is 1. The van der Waals surface area contributed by atoms with E-state index in [0.29, 0.717) is 5.56 Å². The van der Waals surface area contributed by atoms with Crippen LogP contribution in [0.25, 0.3) is 0 Å². The molecule has 1 aromatic rings. The van der Waals surface area contributed by atoms with Crippen LogP contribution in [0.1, 0.15) is 11.1 Å². The van der Waals surface area contributed by atoms with Crippen molar-refractivity contribution in [2.24, 2.45) is 0 Å². The highest BCUT2D eigenvalue weighted by Gasteiger charge is 2.04. The molecule has 1 rings (SSSR count). The van der Waals surface area contributed by atoms with E-state index in [1.807, 2.05) is 0 Å². The zero-order valence-corrected chi connectivity index (χ0v) is 6.69. The lowest BCUT2D eigenvalue weighted by molar-refractivity contribution is -0.136. The normalized spacial score (nSPS) is 9.15. The van der Waals surface area contributed by atoms with Crippen LogP contribution in [0.3, 0.4) is 0 Å². The summed E-state index contributed by atoms with van der Waals surface area (Å²) in [6, 6.07) is 5.92. The zero-order valence-electron chi connectivity index (χ0n) is 6.69. The summed E-state index contributed by atoms with van der Waals surface area (Å²) in [5.74, 6) is -1.09. The van der Waals surface area contributed by atoms with E-state index in [1.165, 1.54) is 18.2 Å². The Morgan fingerprint density at radius 2 is 2.23 bits per heavy atom. The topological polar surface area (TPSA) is 81.3 Å². The van der Waals surface area contributed by atoms with E-state index in [0.717, 1.165) is 0 Å². The van der Waals surface area contributed by atoms with Gasteiger partial charge in [-0.05, 0) is 17.7 Å². The Morgan fingerprint density at radius 1 is 1.54 bits per heavy atom. The van der Waals surface area contributed by atoms with Gasteiger partial charge in [0.2, 0.25) is 0 Å². The molecule has 0 aliphatic rings. The van der Waals surface area contributed by atoms with E-state index in [9.17, 15) is 4.79 Å². The maximum atomic E-state index is 10.3. The second-order valence-electron chi connectivity index (χ2n) is 2.53. The lowest BCUT2D eigenvalue weighted by Gasteiger charge is -1.99. The first kappa shape index (κ1) is 9.07. The minimum atomic E-state index is -0.963. The Balaban J connectivity index is 3.01. The molecule has 0 atom stereocenters. The fourth-order valence-corrected chi connectivity index (χ4v) is 0.957. The Hall–Kier alpha value is -2.02. The molecule has 0 radical (unpaired) electrons. The summed E-state index contributed by atoms with van der Waals surface area (Å²) in [4.78, 5) is 10.3. The smallest absolute Gasteiger partial charge is 0.307 e. The molecule has 0 saturated carbocycles. The van der Waals surface area contributed by atoms with Crippen molar-refractivity contribution >= 4 is 5.97 Å². The largest absolute Gasteiger partial charge is 0.507 e. The fourth-order valence-electron chi connectivity index (χ4n) is 0.957. The van der Waals surface area contributed by atoms with E-state index < -0.39 is 5.97 Å². The first-order valence-electron chi connectivity index (χ1n) is 3.57. The molecule has 13 heavy (non-hydrogen) atoms. The number of nitriles is 1. The average Bonchev–Trinajstić information content (AvgIpc) is 2.07. The molecule has 4 nitrogen and oxygen atoms in total. The van der Waals surface area contributed by atoms with Crippen LogP contribution in [-0.2, 0) is 11.2 Å². The van der Waals surface area contributed by atoms with Gasteiger partial charge in [-0.3, -0.25) is 4.79 Å². The highest BCUT2D eigenvalue weighted by atomic mass is 16.4. The van der Waals surface area contributed by atoms with Crippen LogP contribution in [0.4, 0.5) is 0 Å². The number of aliphatic carboxylic acids is 1. The van der Waals surface area contributed by atoms with Crippen LogP contribution in [0.2, 0.25) is 0 Å². The highest BCUT2D eigenvalue weighted by Crippen LogP contribution is 2.17. The molecule has 2 N–H and O–H groups in total. The van der Waals surface area contributed by atoms with Crippen LogP contribution in [-0.4, -0.2) is 16.2 Å². The third-order valence-electron chi connectivity index (χ3n) is 1.54. The Labute approximate surface area is 74.7 Å². The summed E-state index contributed by atoms with van der Waals surface area (Å²) in [5, 5.41) is 26.1. The fraction of sp³-hybridized carbons (Fsp3) is 0.111. The van der Waals surface area contributed by atoms with Gasteiger partial charge in [-0.2, -0.15) is 5.26 Å². The van der Waals surface area contributed by atoms with Crippen LogP contribution < -0.4 is 0 Å². The van der Waals surface area contributed by atoms with Crippen LogP contribution in [0.15, 0.2) is 18.2 Å². The van der Waals surface area contributed by atoms with E-state index in [-0.39, 0.29) is 17.7 Å². The third kappa shape index (κ3) is 2.20. The molecule has 4 heteroatoms. The number of hydrogen-bond donors (Lipinski definition) is 2. The monoisotopic (exact) mass is 177 g/mol. The van der Waals surface area contributed by atoms with Gasteiger partial charge in [0, 0.05) is 0 Å². The van der Waals surface area contributed by atoms with E-state index >= 15 is 0 Å². The number of rotatable bonds is 2. The van der Waals surface area contributed by atoms with Gasteiger partial charge in [-0.25, -0.2) is 0 Å². The van der Waals surface area contributed by atoms with Crippen molar-refractivity contribution in [3.05, 3.63) is 29.3 Å². The van der Waals surface area contributed by atoms with Gasteiger partial charge in [-0.15, -0.1) is 0 Å². The van der Waals surface area contributed by atoms with Gasteiger partial charge in [0.15, 0.2) is 0 Å². The predicted molar refractivity (Wildman–Crippen MR) is 44.2 cm³/mol. The van der Waals surface area contributed by atoms with Gasteiger partial charge in [-0.1, -0.05) is 6.07 Å². The summed E-state index contributed by atoms with van der Waals surface area (Å²) in [5.41, 5.74) is 0.598. The summed E-state index contributed by atoms with van der Waals surface area (Å²) in [7, 11) is 0. The molecule has 0 unspecified atom stereocenters. The maximum absolute atomic E-state index is 10.3. The molecule has 0 aliphatic heterocycles. The minimum absolute atomic E-state index is 0.0961. The lowest BCUT2D eigenvalue weighted by Crippen LogP contribution is -1.99. The summed E-state index contributed by atoms with van der Waals surface area (Å²) < 4.78 is 0. The minimum Gasteiger partial charge on any atom is -0.507 e. The van der Waals surface area contributed by atoms with Crippen LogP contribution in [0.5, 0.6) is 5.75 Å². The van der Waals surface area contributed by atoms with Crippen LogP contribution >= 0.6 is 0 Å². The average molecular weight is 177 g/mol. The molecule has 0 aromatic heterocycles. The first-order chi connectivity index (χ1) is 6.13. The lowest BCUT2D eigenvalue weighted by atomic mass is 10.1. The molecule has 1 aromatic carbocycles. The highest BCUT2D eigenvalue weighted by molar-refractivity contribution is 5.70. The number of hydrogen-bond acceptors (Lipinski definition) is 3. The quantitative estimate of drug-likeness (QED) is 0.702. The number of phenolic OH excluding ortho intramolecular Hbond substituents is 1. The van der Waals surface area contributed by atoms with Crippen molar-refractivity contribution in [3.8, 4) is 11.8 Å². The third-order valence-corrected chi connectivity index (χ3v) is 1.54. The molecule has 0 saturated heterocycles. The van der Waals surface area contributed by atoms with Gasteiger partial charge in [0.05, 0.1) is 12.0 Å². The van der Waals surface area contributed by atoms with Crippen LogP contribution in [0, 0.1) is 11.3 Å². The summed E-state index contributed by atoms with van der Waals surface area (Å²) in [6.07, 6.45) is -0.144. The molecule has 0 fully saturated rings. The van der Waals surface area contributed by atoms with Gasteiger partial charge >= 0.3 is 5.97 Å². The predicted octanol–water partition coefficient (Wildman–Crippen LogP) is 0.891. The van der Waals surface area contributed by atoms with Crippen molar-refractivity contribution in [1.29, 1.82) is 5.26 Å². The van der Waals surface area contributed by atoms with Crippen molar-refractivity contribution in [3.63, 3.8) is 0 Å². The maximum Gasteiger partial charge on any atom is 0.307 e. The number of nitrogens with zero attached hydrogens (tertiary/aromatic N) is 1. The molecule has 66 valence electrons. The van der Waals surface area contributed by atoms with Crippen molar-refractivity contribution < 1.29 is 15.0 Å². The summed E-state index contributed by atoms with van der Waals surface area (Å²) >= 11 is 0.